The predicted molar refractivity (Wildman–Crippen MR) is 68.8 cm³/mol. The van der Waals surface area contributed by atoms with E-state index in [1.807, 2.05) is 30.3 Å². The smallest absolute Gasteiger partial charge is 0.200 e. The van der Waals surface area contributed by atoms with Crippen molar-refractivity contribution in [2.24, 2.45) is 5.92 Å². The second kappa shape index (κ2) is 5.59. The highest BCUT2D eigenvalue weighted by molar-refractivity contribution is 6.56. The van der Waals surface area contributed by atoms with Crippen LogP contribution in [0.3, 0.4) is 0 Å². The Bertz CT molecular complexity index is 438. The van der Waals surface area contributed by atoms with E-state index in [0.29, 0.717) is 5.92 Å². The molecule has 0 saturated carbocycles. The summed E-state index contributed by atoms with van der Waals surface area (Å²) in [5.41, 5.74) is 1.05. The van der Waals surface area contributed by atoms with E-state index >= 15 is 0 Å². The molecule has 0 aliphatic carbocycles. The molecule has 1 heterocycles. The normalized spacial score (nSPS) is 16.1. The van der Waals surface area contributed by atoms with Gasteiger partial charge in [-0.25, -0.2) is 0 Å². The lowest BCUT2D eigenvalue weighted by atomic mass is 9.95. The van der Waals surface area contributed by atoms with Crippen LogP contribution in [0, 0.1) is 17.8 Å². The number of hydrogen-bond donors (Lipinski definition) is 0. The first-order chi connectivity index (χ1) is 8.25. The third-order valence-electron chi connectivity index (χ3n) is 3.00. The Labute approximate surface area is 103 Å². The van der Waals surface area contributed by atoms with E-state index in [1.54, 1.807) is 4.90 Å². The van der Waals surface area contributed by atoms with Crippen LogP contribution in [0.25, 0.3) is 0 Å². The molecule has 84 valence electrons. The summed E-state index contributed by atoms with van der Waals surface area (Å²) in [7, 11) is 5.23. The third-order valence-corrected chi connectivity index (χ3v) is 3.00. The molecule has 0 atom stereocenters. The van der Waals surface area contributed by atoms with Gasteiger partial charge in [-0.15, -0.1) is 0 Å². The van der Waals surface area contributed by atoms with Crippen molar-refractivity contribution in [1.82, 2.24) is 4.90 Å². The summed E-state index contributed by atoms with van der Waals surface area (Å²) in [5.74, 6) is 6.50. The molecule has 1 saturated heterocycles. The highest BCUT2D eigenvalue weighted by atomic mass is 16.1. The molecule has 0 unspecified atom stereocenters. The standard InChI is InChI=1S/C14H14BNO/c15-14(17)16-10-8-13(9-11-16)7-6-12-4-2-1-3-5-12/h1-5,13H,8-11H2. The van der Waals surface area contributed by atoms with Gasteiger partial charge in [0.15, 0.2) is 5.81 Å². The van der Waals surface area contributed by atoms with Gasteiger partial charge >= 0.3 is 0 Å². The van der Waals surface area contributed by atoms with Crippen molar-refractivity contribution in [1.29, 1.82) is 0 Å². The van der Waals surface area contributed by atoms with E-state index in [-0.39, 0.29) is 5.81 Å². The van der Waals surface area contributed by atoms with Crippen LogP contribution in [0.2, 0.25) is 0 Å². The van der Waals surface area contributed by atoms with Gasteiger partial charge in [-0.05, 0) is 25.0 Å². The van der Waals surface area contributed by atoms with Crippen LogP contribution in [0.4, 0.5) is 4.79 Å². The van der Waals surface area contributed by atoms with E-state index < -0.39 is 0 Å². The van der Waals surface area contributed by atoms with Gasteiger partial charge in [-0.1, -0.05) is 30.0 Å². The minimum absolute atomic E-state index is 0.320. The summed E-state index contributed by atoms with van der Waals surface area (Å²) >= 11 is 0. The van der Waals surface area contributed by atoms with Gasteiger partial charge in [0.1, 0.15) is 0 Å². The fourth-order valence-electron chi connectivity index (χ4n) is 1.95. The SMILES string of the molecule is [B]C(=O)N1CCC(C#Cc2ccccc2)CC1. The third kappa shape index (κ3) is 3.39. The zero-order valence-corrected chi connectivity index (χ0v) is 9.73. The molecule has 1 aromatic carbocycles. The van der Waals surface area contributed by atoms with Crippen LogP contribution in [0.5, 0.6) is 0 Å². The number of rotatable bonds is 0. The molecular weight excluding hydrogens is 209 g/mol. The lowest BCUT2D eigenvalue weighted by molar-refractivity contribution is 0.202. The van der Waals surface area contributed by atoms with E-state index in [2.05, 4.69) is 11.8 Å². The lowest BCUT2D eigenvalue weighted by Crippen LogP contribution is -2.37. The maximum absolute atomic E-state index is 11.0. The fraction of sp³-hybridized carbons (Fsp3) is 0.357. The molecule has 1 aliphatic heterocycles. The minimum Gasteiger partial charge on any atom is -0.352 e. The topological polar surface area (TPSA) is 20.3 Å². The van der Waals surface area contributed by atoms with Crippen molar-refractivity contribution in [3.8, 4) is 11.8 Å². The maximum Gasteiger partial charge on any atom is 0.200 e. The van der Waals surface area contributed by atoms with Crippen molar-refractivity contribution >= 4 is 13.7 Å². The molecule has 3 heteroatoms. The van der Waals surface area contributed by atoms with Crippen molar-refractivity contribution in [2.45, 2.75) is 12.8 Å². The molecule has 1 fully saturated rings. The monoisotopic (exact) mass is 223 g/mol. The first-order valence-corrected chi connectivity index (χ1v) is 5.86. The number of likely N-dealkylation sites (tertiary alicyclic amines) is 1. The van der Waals surface area contributed by atoms with Crippen LogP contribution >= 0.6 is 0 Å². The first-order valence-electron chi connectivity index (χ1n) is 5.86. The minimum atomic E-state index is -0.320. The zero-order chi connectivity index (χ0) is 12.1. The number of benzene rings is 1. The van der Waals surface area contributed by atoms with Gasteiger partial charge in [-0.2, -0.15) is 0 Å². The number of carbonyl (C=O) groups is 1. The van der Waals surface area contributed by atoms with Gasteiger partial charge in [0.05, 0.1) is 0 Å². The van der Waals surface area contributed by atoms with E-state index in [1.165, 1.54) is 0 Å². The van der Waals surface area contributed by atoms with Crippen molar-refractivity contribution in [3.63, 3.8) is 0 Å². The Morgan fingerprint density at radius 3 is 2.47 bits per heavy atom. The average Bonchev–Trinajstić information content (AvgIpc) is 2.38. The number of nitrogens with zero attached hydrogens (tertiary/aromatic N) is 1. The van der Waals surface area contributed by atoms with E-state index in [4.69, 9.17) is 7.85 Å². The fourth-order valence-corrected chi connectivity index (χ4v) is 1.95. The summed E-state index contributed by atoms with van der Waals surface area (Å²) in [6.45, 7) is 1.45. The number of amides is 1. The van der Waals surface area contributed by atoms with Crippen LogP contribution in [-0.4, -0.2) is 31.6 Å². The maximum atomic E-state index is 11.0. The van der Waals surface area contributed by atoms with E-state index in [9.17, 15) is 4.79 Å². The summed E-state index contributed by atoms with van der Waals surface area (Å²) in [6.07, 6.45) is 1.84. The molecule has 17 heavy (non-hydrogen) atoms. The molecule has 0 N–H and O–H groups in total. The summed E-state index contributed by atoms with van der Waals surface area (Å²) < 4.78 is 0. The Morgan fingerprint density at radius 2 is 1.88 bits per heavy atom. The molecule has 0 bridgehead atoms. The second-order valence-corrected chi connectivity index (χ2v) is 4.23. The summed E-state index contributed by atoms with van der Waals surface area (Å²) in [4.78, 5) is 12.6. The number of carbonyl (C=O) groups excluding carboxylic acids is 1. The molecule has 2 radical (unpaired) electrons. The molecule has 0 aromatic heterocycles. The van der Waals surface area contributed by atoms with Crippen LogP contribution < -0.4 is 0 Å². The molecule has 1 aliphatic rings. The largest absolute Gasteiger partial charge is 0.352 e. The van der Waals surface area contributed by atoms with Gasteiger partial charge in [0.2, 0.25) is 7.85 Å². The predicted octanol–water partition coefficient (Wildman–Crippen LogP) is 2.04. The Kier molecular flexibility index (Phi) is 3.87. The number of hydrogen-bond acceptors (Lipinski definition) is 1. The zero-order valence-electron chi connectivity index (χ0n) is 9.73. The van der Waals surface area contributed by atoms with Crippen molar-refractivity contribution in [2.75, 3.05) is 13.1 Å². The quantitative estimate of drug-likeness (QED) is 0.486. The Balaban J connectivity index is 1.91. The van der Waals surface area contributed by atoms with Crippen molar-refractivity contribution < 1.29 is 4.79 Å². The molecule has 2 rings (SSSR count). The molecule has 1 amide bonds. The van der Waals surface area contributed by atoms with Gasteiger partial charge in [0.25, 0.3) is 0 Å². The van der Waals surface area contributed by atoms with Crippen LogP contribution in [0.1, 0.15) is 18.4 Å². The van der Waals surface area contributed by atoms with Gasteiger partial charge in [-0.3, -0.25) is 4.79 Å². The number of piperidine rings is 1. The van der Waals surface area contributed by atoms with Gasteiger partial charge in [0, 0.05) is 24.6 Å². The van der Waals surface area contributed by atoms with Crippen LogP contribution in [0.15, 0.2) is 30.3 Å². The first kappa shape index (κ1) is 11.8. The van der Waals surface area contributed by atoms with E-state index in [0.717, 1.165) is 31.5 Å². The highest BCUT2D eigenvalue weighted by Crippen LogP contribution is 2.16. The molecular formula is C14H14BNO. The van der Waals surface area contributed by atoms with Crippen molar-refractivity contribution in [3.05, 3.63) is 35.9 Å². The summed E-state index contributed by atoms with van der Waals surface area (Å²) in [5, 5.41) is 0. The molecule has 2 nitrogen and oxygen atoms in total. The molecule has 0 spiro atoms. The van der Waals surface area contributed by atoms with Crippen LogP contribution in [-0.2, 0) is 0 Å². The highest BCUT2D eigenvalue weighted by Gasteiger charge is 2.18. The molecule has 1 aromatic rings. The lowest BCUT2D eigenvalue weighted by Gasteiger charge is -2.29. The summed E-state index contributed by atoms with van der Waals surface area (Å²) in [6, 6.07) is 9.97. The Hall–Kier alpha value is -1.69. The Morgan fingerprint density at radius 1 is 1.24 bits per heavy atom. The second-order valence-electron chi connectivity index (χ2n) is 4.23. The van der Waals surface area contributed by atoms with Gasteiger partial charge < -0.3 is 4.90 Å². The average molecular weight is 223 g/mol.